The van der Waals surface area contributed by atoms with Crippen molar-refractivity contribution in [2.75, 3.05) is 5.73 Å². The van der Waals surface area contributed by atoms with E-state index in [-0.39, 0.29) is 5.91 Å². The topological polar surface area (TPSA) is 112 Å². The predicted octanol–water partition coefficient (Wildman–Crippen LogP) is 3.55. The van der Waals surface area contributed by atoms with Crippen LogP contribution >= 0.6 is 0 Å². The number of rotatable bonds is 5. The van der Waals surface area contributed by atoms with Gasteiger partial charge in [0.1, 0.15) is 5.82 Å². The van der Waals surface area contributed by atoms with Gasteiger partial charge in [0.2, 0.25) is 0 Å². The number of nitrogens with one attached hydrogen (secondary N) is 1. The van der Waals surface area contributed by atoms with Gasteiger partial charge >= 0.3 is 0 Å². The molecule has 5 rings (SSSR count). The number of amides is 1. The molecule has 0 spiro atoms. The number of benzene rings is 1. The SMILES string of the molecule is Cc1cc2c(N)nccc2c(C)c1CNC(=O)c1cnn(Cc2ccc3ncccc3n2)c1. The molecule has 0 fully saturated rings. The summed E-state index contributed by atoms with van der Waals surface area (Å²) in [6, 6.07) is 11.6. The zero-order valence-electron chi connectivity index (χ0n) is 18.4. The van der Waals surface area contributed by atoms with Crippen molar-refractivity contribution in [3.63, 3.8) is 0 Å². The summed E-state index contributed by atoms with van der Waals surface area (Å²) in [5.41, 5.74) is 12.3. The van der Waals surface area contributed by atoms with E-state index in [0.717, 1.165) is 44.2 Å². The van der Waals surface area contributed by atoms with Gasteiger partial charge in [0.05, 0.1) is 35.0 Å². The minimum absolute atomic E-state index is 0.176. The van der Waals surface area contributed by atoms with Crippen LogP contribution < -0.4 is 11.1 Å². The van der Waals surface area contributed by atoms with Crippen LogP contribution in [0, 0.1) is 13.8 Å². The van der Waals surface area contributed by atoms with Gasteiger partial charge in [0.25, 0.3) is 5.91 Å². The van der Waals surface area contributed by atoms with E-state index in [1.807, 2.05) is 50.2 Å². The van der Waals surface area contributed by atoms with Crippen LogP contribution in [0.5, 0.6) is 0 Å². The van der Waals surface area contributed by atoms with Crippen molar-refractivity contribution >= 4 is 33.5 Å². The van der Waals surface area contributed by atoms with E-state index in [9.17, 15) is 4.79 Å². The van der Waals surface area contributed by atoms with Crippen LogP contribution in [0.3, 0.4) is 0 Å². The Morgan fingerprint density at radius 3 is 2.82 bits per heavy atom. The summed E-state index contributed by atoms with van der Waals surface area (Å²) in [6.07, 6.45) is 6.76. The number of hydrogen-bond acceptors (Lipinski definition) is 6. The van der Waals surface area contributed by atoms with Gasteiger partial charge in [-0.2, -0.15) is 5.10 Å². The van der Waals surface area contributed by atoms with Crippen molar-refractivity contribution in [2.24, 2.45) is 0 Å². The lowest BCUT2D eigenvalue weighted by Crippen LogP contribution is -2.23. The first-order valence-corrected chi connectivity index (χ1v) is 10.6. The highest BCUT2D eigenvalue weighted by Gasteiger charge is 2.13. The molecule has 164 valence electrons. The highest BCUT2D eigenvalue weighted by Crippen LogP contribution is 2.27. The number of carbonyl (C=O) groups excluding carboxylic acids is 1. The Balaban J connectivity index is 1.30. The number of aryl methyl sites for hydroxylation is 2. The second-order valence-electron chi connectivity index (χ2n) is 8.04. The summed E-state index contributed by atoms with van der Waals surface area (Å²) >= 11 is 0. The third kappa shape index (κ3) is 3.98. The highest BCUT2D eigenvalue weighted by molar-refractivity contribution is 5.95. The van der Waals surface area contributed by atoms with Crippen molar-refractivity contribution < 1.29 is 4.79 Å². The molecule has 4 heterocycles. The van der Waals surface area contributed by atoms with Gasteiger partial charge in [-0.3, -0.25) is 14.5 Å². The number of aromatic nitrogens is 5. The Morgan fingerprint density at radius 2 is 1.94 bits per heavy atom. The Morgan fingerprint density at radius 1 is 1.06 bits per heavy atom. The first-order chi connectivity index (χ1) is 16.0. The monoisotopic (exact) mass is 437 g/mol. The van der Waals surface area contributed by atoms with Crippen LogP contribution in [0.15, 0.2) is 61.2 Å². The van der Waals surface area contributed by atoms with Crippen molar-refractivity contribution in [2.45, 2.75) is 26.9 Å². The third-order valence-corrected chi connectivity index (χ3v) is 5.87. The second kappa shape index (κ2) is 8.31. The molecule has 0 aliphatic heterocycles. The van der Waals surface area contributed by atoms with Gasteiger partial charge in [-0.25, -0.2) is 9.97 Å². The normalized spacial score (nSPS) is 11.2. The fourth-order valence-corrected chi connectivity index (χ4v) is 4.09. The molecule has 1 aromatic carbocycles. The predicted molar refractivity (Wildman–Crippen MR) is 128 cm³/mol. The number of anilines is 1. The van der Waals surface area contributed by atoms with Gasteiger partial charge < -0.3 is 11.1 Å². The van der Waals surface area contributed by atoms with E-state index in [4.69, 9.17) is 5.73 Å². The summed E-state index contributed by atoms with van der Waals surface area (Å²) in [5.74, 6) is 0.337. The molecule has 8 heteroatoms. The summed E-state index contributed by atoms with van der Waals surface area (Å²) < 4.78 is 1.71. The molecular formula is C25H23N7O. The second-order valence-corrected chi connectivity index (χ2v) is 8.04. The lowest BCUT2D eigenvalue weighted by Gasteiger charge is -2.14. The Hall–Kier alpha value is -4.33. The minimum atomic E-state index is -0.176. The maximum absolute atomic E-state index is 12.8. The molecular weight excluding hydrogens is 414 g/mol. The molecule has 0 saturated carbocycles. The van der Waals surface area contributed by atoms with Crippen LogP contribution in [0.25, 0.3) is 21.8 Å². The number of nitrogens with two attached hydrogens (primary N) is 1. The molecule has 8 nitrogen and oxygen atoms in total. The molecule has 0 radical (unpaired) electrons. The summed E-state index contributed by atoms with van der Waals surface area (Å²) in [4.78, 5) is 25.9. The fraction of sp³-hybridized carbons (Fsp3) is 0.160. The number of nitrogen functional groups attached to an aromatic ring is 1. The zero-order valence-corrected chi connectivity index (χ0v) is 18.4. The molecule has 1 amide bonds. The van der Waals surface area contributed by atoms with Crippen LogP contribution in [0.1, 0.15) is 32.7 Å². The van der Waals surface area contributed by atoms with Crippen molar-refractivity contribution in [3.05, 3.63) is 89.1 Å². The van der Waals surface area contributed by atoms with Crippen LogP contribution in [0.4, 0.5) is 5.82 Å². The van der Waals surface area contributed by atoms with E-state index < -0.39 is 0 Å². The molecule has 0 aliphatic rings. The summed E-state index contributed by atoms with van der Waals surface area (Å²) in [6.45, 7) is 4.94. The van der Waals surface area contributed by atoms with Crippen LogP contribution in [-0.4, -0.2) is 30.6 Å². The molecule has 3 N–H and O–H groups in total. The van der Waals surface area contributed by atoms with Gasteiger partial charge in [-0.1, -0.05) is 0 Å². The van der Waals surface area contributed by atoms with Gasteiger partial charge in [-0.05, 0) is 72.3 Å². The van der Waals surface area contributed by atoms with Gasteiger partial charge in [0.15, 0.2) is 0 Å². The van der Waals surface area contributed by atoms with E-state index in [1.165, 1.54) is 0 Å². The summed E-state index contributed by atoms with van der Waals surface area (Å²) in [5, 5.41) is 9.32. The fourth-order valence-electron chi connectivity index (χ4n) is 4.09. The van der Waals surface area contributed by atoms with Crippen molar-refractivity contribution in [3.8, 4) is 0 Å². The number of pyridine rings is 3. The average molecular weight is 438 g/mol. The average Bonchev–Trinajstić information content (AvgIpc) is 3.28. The van der Waals surface area contributed by atoms with E-state index in [2.05, 4.69) is 25.4 Å². The van der Waals surface area contributed by atoms with Gasteiger partial charge in [-0.15, -0.1) is 0 Å². The molecule has 4 aromatic heterocycles. The largest absolute Gasteiger partial charge is 0.383 e. The lowest BCUT2D eigenvalue weighted by atomic mass is 9.96. The molecule has 0 unspecified atom stereocenters. The maximum atomic E-state index is 12.8. The highest BCUT2D eigenvalue weighted by atomic mass is 16.1. The first kappa shape index (κ1) is 20.6. The van der Waals surface area contributed by atoms with Gasteiger partial charge in [0, 0.05) is 30.5 Å². The van der Waals surface area contributed by atoms with E-state index >= 15 is 0 Å². The zero-order chi connectivity index (χ0) is 22.9. The van der Waals surface area contributed by atoms with E-state index in [0.29, 0.717) is 24.5 Å². The lowest BCUT2D eigenvalue weighted by molar-refractivity contribution is 0.0950. The van der Waals surface area contributed by atoms with Crippen molar-refractivity contribution in [1.29, 1.82) is 0 Å². The Kier molecular flexibility index (Phi) is 5.18. The minimum Gasteiger partial charge on any atom is -0.383 e. The standard InChI is InChI=1S/C25H23N7O/c1-15-10-20-19(7-9-28-24(20)26)16(2)21(15)12-29-25(33)17-11-30-32(13-17)14-18-5-6-22-23(31-18)4-3-8-27-22/h3-11,13H,12,14H2,1-2H3,(H2,26,28)(H,29,33). The number of carbonyl (C=O) groups is 1. The van der Waals surface area contributed by atoms with Crippen LogP contribution in [0.2, 0.25) is 0 Å². The molecule has 0 bridgehead atoms. The smallest absolute Gasteiger partial charge is 0.254 e. The van der Waals surface area contributed by atoms with E-state index in [1.54, 1.807) is 29.5 Å². The molecule has 33 heavy (non-hydrogen) atoms. The molecule has 0 aliphatic carbocycles. The molecule has 0 saturated heterocycles. The Labute approximate surface area is 190 Å². The molecule has 5 aromatic rings. The van der Waals surface area contributed by atoms with Crippen molar-refractivity contribution in [1.82, 2.24) is 30.0 Å². The number of fused-ring (bicyclic) bond motifs is 2. The first-order valence-electron chi connectivity index (χ1n) is 10.6. The summed E-state index contributed by atoms with van der Waals surface area (Å²) in [7, 11) is 0. The quantitative estimate of drug-likeness (QED) is 0.435. The molecule has 0 atom stereocenters. The number of hydrogen-bond donors (Lipinski definition) is 2. The third-order valence-electron chi connectivity index (χ3n) is 5.87. The van der Waals surface area contributed by atoms with Crippen LogP contribution in [-0.2, 0) is 13.1 Å². The number of nitrogens with zero attached hydrogens (tertiary/aromatic N) is 5. The maximum Gasteiger partial charge on any atom is 0.254 e. The Bertz CT molecular complexity index is 1510.